The Balaban J connectivity index is 2.43. The first-order chi connectivity index (χ1) is 15.0. The molecule has 0 radical (unpaired) electrons. The number of rotatable bonds is 9. The summed E-state index contributed by atoms with van der Waals surface area (Å²) in [7, 11) is 0. The number of nitrogens with one attached hydrogen (secondary N) is 2. The molecule has 1 aromatic carbocycles. The van der Waals surface area contributed by atoms with E-state index in [0.29, 0.717) is 23.4 Å². The summed E-state index contributed by atoms with van der Waals surface area (Å²) < 4.78 is 28.1. The average Bonchev–Trinajstić information content (AvgIpc) is 2.97. The zero-order valence-electron chi connectivity index (χ0n) is 18.9. The van der Waals surface area contributed by atoms with Gasteiger partial charge in [-0.15, -0.1) is 0 Å². The highest BCUT2D eigenvalue weighted by Crippen LogP contribution is 2.25. The Hall–Kier alpha value is -3.07. The van der Waals surface area contributed by atoms with Crippen molar-refractivity contribution in [2.75, 3.05) is 12.0 Å². The number of halogens is 2. The minimum Gasteiger partial charge on any atom is -0.391 e. The quantitative estimate of drug-likeness (QED) is 0.404. The zero-order chi connectivity index (χ0) is 24.2. The van der Waals surface area contributed by atoms with E-state index in [2.05, 4.69) is 10.6 Å². The Morgan fingerprint density at radius 1 is 1.19 bits per heavy atom. The highest BCUT2D eigenvalue weighted by molar-refractivity contribution is 6.43. The zero-order valence-corrected chi connectivity index (χ0v) is 18.9. The Morgan fingerprint density at radius 3 is 2.38 bits per heavy atom. The number of ketones is 1. The molecule has 0 saturated carbocycles. The second kappa shape index (κ2) is 10.5. The standard InChI is InChI=1S/C23H29F2N3O4/c1-6-18(15(5)29)27-23(32)21(30)20-13(3)19(14(4)28(20)10-9-24)22(31)26-16-7-8-17(25)12(2)11-16/h7-8,11,15,18,29H,6,9-10H2,1-5H3,(H,26,31)(H,27,32)/t15-,18-/m1/s1. The first kappa shape index (κ1) is 25.2. The van der Waals surface area contributed by atoms with E-state index in [1.807, 2.05) is 0 Å². The Kier molecular flexibility index (Phi) is 8.26. The second-order valence-corrected chi connectivity index (χ2v) is 7.75. The van der Waals surface area contributed by atoms with E-state index in [1.165, 1.54) is 36.6 Å². The number of anilines is 1. The number of aromatic nitrogens is 1. The van der Waals surface area contributed by atoms with E-state index in [1.54, 1.807) is 20.8 Å². The van der Waals surface area contributed by atoms with Crippen LogP contribution in [0.3, 0.4) is 0 Å². The minimum absolute atomic E-state index is 0.0847. The molecule has 2 atom stereocenters. The maximum Gasteiger partial charge on any atom is 0.294 e. The van der Waals surface area contributed by atoms with Gasteiger partial charge in [-0.2, -0.15) is 0 Å². The summed E-state index contributed by atoms with van der Waals surface area (Å²) in [6, 6.07) is 3.48. The molecule has 2 aromatic rings. The van der Waals surface area contributed by atoms with Crippen molar-refractivity contribution in [3.63, 3.8) is 0 Å². The van der Waals surface area contributed by atoms with Crippen LogP contribution in [-0.4, -0.2) is 46.1 Å². The van der Waals surface area contributed by atoms with Crippen LogP contribution in [0.25, 0.3) is 0 Å². The van der Waals surface area contributed by atoms with E-state index >= 15 is 0 Å². The number of alkyl halides is 1. The molecule has 2 amide bonds. The third-order valence-corrected chi connectivity index (χ3v) is 5.48. The summed E-state index contributed by atoms with van der Waals surface area (Å²) in [4.78, 5) is 38.5. The van der Waals surface area contributed by atoms with Gasteiger partial charge in [-0.1, -0.05) is 6.92 Å². The molecule has 0 bridgehead atoms. The average molecular weight is 449 g/mol. The summed E-state index contributed by atoms with van der Waals surface area (Å²) in [5.41, 5.74) is 1.33. The first-order valence-corrected chi connectivity index (χ1v) is 10.4. The number of carbonyl (C=O) groups excluding carboxylic acids is 3. The van der Waals surface area contributed by atoms with Gasteiger partial charge in [0.05, 0.1) is 29.9 Å². The Labute approximate surface area is 185 Å². The van der Waals surface area contributed by atoms with Crippen molar-refractivity contribution in [3.8, 4) is 0 Å². The van der Waals surface area contributed by atoms with E-state index in [9.17, 15) is 28.3 Å². The number of aliphatic hydroxyl groups excluding tert-OH is 1. The number of aliphatic hydroxyl groups is 1. The van der Waals surface area contributed by atoms with Gasteiger partial charge in [0.15, 0.2) is 0 Å². The van der Waals surface area contributed by atoms with E-state index in [4.69, 9.17) is 0 Å². The van der Waals surface area contributed by atoms with Gasteiger partial charge in [0.2, 0.25) is 0 Å². The molecule has 2 rings (SSSR count). The predicted octanol–water partition coefficient (Wildman–Crippen LogP) is 3.23. The Morgan fingerprint density at radius 2 is 1.84 bits per heavy atom. The molecule has 9 heteroatoms. The largest absolute Gasteiger partial charge is 0.391 e. The fourth-order valence-electron chi connectivity index (χ4n) is 3.71. The van der Waals surface area contributed by atoms with Crippen molar-refractivity contribution in [2.24, 2.45) is 0 Å². The molecule has 0 aliphatic rings. The van der Waals surface area contributed by atoms with Crippen LogP contribution in [0.1, 0.15) is 57.9 Å². The Bertz CT molecular complexity index is 1030. The molecule has 0 spiro atoms. The van der Waals surface area contributed by atoms with Crippen LogP contribution in [0.15, 0.2) is 18.2 Å². The molecular formula is C23H29F2N3O4. The lowest BCUT2D eigenvalue weighted by Crippen LogP contribution is -2.45. The molecule has 3 N–H and O–H groups in total. The highest BCUT2D eigenvalue weighted by Gasteiger charge is 2.31. The fourth-order valence-corrected chi connectivity index (χ4v) is 3.71. The molecule has 7 nitrogen and oxygen atoms in total. The van der Waals surface area contributed by atoms with Crippen LogP contribution in [0.5, 0.6) is 0 Å². The monoisotopic (exact) mass is 449 g/mol. The van der Waals surface area contributed by atoms with Crippen LogP contribution in [0.2, 0.25) is 0 Å². The van der Waals surface area contributed by atoms with Crippen LogP contribution in [-0.2, 0) is 11.3 Å². The van der Waals surface area contributed by atoms with E-state index in [-0.39, 0.29) is 23.4 Å². The second-order valence-electron chi connectivity index (χ2n) is 7.75. The summed E-state index contributed by atoms with van der Waals surface area (Å²) in [6.07, 6.45) is -0.456. The molecule has 1 aromatic heterocycles. The number of carbonyl (C=O) groups is 3. The molecule has 174 valence electrons. The predicted molar refractivity (Wildman–Crippen MR) is 117 cm³/mol. The van der Waals surface area contributed by atoms with Crippen LogP contribution in [0.4, 0.5) is 14.5 Å². The smallest absolute Gasteiger partial charge is 0.294 e. The number of hydrogen-bond donors (Lipinski definition) is 3. The van der Waals surface area contributed by atoms with Gasteiger partial charge in [0.1, 0.15) is 12.5 Å². The third kappa shape index (κ3) is 5.21. The molecule has 0 aliphatic carbocycles. The van der Waals surface area contributed by atoms with Gasteiger partial charge in [0, 0.05) is 11.4 Å². The van der Waals surface area contributed by atoms with Crippen molar-refractivity contribution in [3.05, 3.63) is 52.1 Å². The van der Waals surface area contributed by atoms with Crippen molar-refractivity contribution in [1.82, 2.24) is 9.88 Å². The number of Topliss-reactive ketones (excluding diaryl/α,β-unsaturated/α-hetero) is 1. The number of benzene rings is 1. The van der Waals surface area contributed by atoms with Crippen LogP contribution in [0, 0.1) is 26.6 Å². The van der Waals surface area contributed by atoms with E-state index < -0.39 is 42.2 Å². The molecule has 0 aliphatic heterocycles. The molecule has 0 saturated heterocycles. The first-order valence-electron chi connectivity index (χ1n) is 10.4. The molecule has 0 fully saturated rings. The van der Waals surface area contributed by atoms with Crippen molar-refractivity contribution < 1.29 is 28.3 Å². The summed E-state index contributed by atoms with van der Waals surface area (Å²) in [5.74, 6) is -2.84. The van der Waals surface area contributed by atoms with Gasteiger partial charge >= 0.3 is 0 Å². The summed E-state index contributed by atoms with van der Waals surface area (Å²) in [6.45, 7) is 6.87. The lowest BCUT2D eigenvalue weighted by molar-refractivity contribution is -0.118. The van der Waals surface area contributed by atoms with Gasteiger partial charge in [-0.05, 0) is 63.4 Å². The number of aryl methyl sites for hydroxylation is 1. The normalized spacial score (nSPS) is 12.9. The van der Waals surface area contributed by atoms with Gasteiger partial charge in [-0.3, -0.25) is 14.4 Å². The maximum atomic E-state index is 13.5. The van der Waals surface area contributed by atoms with Crippen molar-refractivity contribution in [2.45, 2.75) is 59.7 Å². The third-order valence-electron chi connectivity index (χ3n) is 5.48. The maximum absolute atomic E-state index is 13.5. The van der Waals surface area contributed by atoms with Crippen molar-refractivity contribution in [1.29, 1.82) is 0 Å². The molecule has 32 heavy (non-hydrogen) atoms. The number of amides is 2. The number of nitrogens with zero attached hydrogens (tertiary/aromatic N) is 1. The fraction of sp³-hybridized carbons (Fsp3) is 0.435. The van der Waals surface area contributed by atoms with Gasteiger partial charge < -0.3 is 20.3 Å². The lowest BCUT2D eigenvalue weighted by atomic mass is 10.1. The van der Waals surface area contributed by atoms with Gasteiger partial charge in [0.25, 0.3) is 17.6 Å². The number of hydrogen-bond acceptors (Lipinski definition) is 4. The molecular weight excluding hydrogens is 420 g/mol. The lowest BCUT2D eigenvalue weighted by Gasteiger charge is -2.19. The van der Waals surface area contributed by atoms with Gasteiger partial charge in [-0.25, -0.2) is 8.78 Å². The summed E-state index contributed by atoms with van der Waals surface area (Å²) in [5, 5.41) is 14.9. The molecule has 0 unspecified atom stereocenters. The molecule has 1 heterocycles. The highest BCUT2D eigenvalue weighted by atomic mass is 19.1. The summed E-state index contributed by atoms with van der Waals surface area (Å²) >= 11 is 0. The van der Waals surface area contributed by atoms with Crippen molar-refractivity contribution >= 4 is 23.3 Å². The van der Waals surface area contributed by atoms with Crippen LogP contribution < -0.4 is 10.6 Å². The van der Waals surface area contributed by atoms with Crippen LogP contribution >= 0.6 is 0 Å². The SMILES string of the molecule is CC[C@@H](NC(=O)C(=O)c1c(C)c(C(=O)Nc2ccc(F)c(C)c2)c(C)n1CCF)[C@@H](C)O. The minimum atomic E-state index is -0.945. The van der Waals surface area contributed by atoms with E-state index in [0.717, 1.165) is 0 Å². The topological polar surface area (TPSA) is 100 Å².